The molecule has 0 aliphatic heterocycles. The molecule has 0 saturated carbocycles. The van der Waals surface area contributed by atoms with Crippen molar-refractivity contribution in [3.63, 3.8) is 0 Å². The molecule has 1 N–H and O–H groups in total. The Morgan fingerprint density at radius 1 is 1.11 bits per heavy atom. The molecule has 0 spiro atoms. The van der Waals surface area contributed by atoms with E-state index in [1.54, 1.807) is 36.4 Å². The number of rotatable bonds is 5. The van der Waals surface area contributed by atoms with Crippen molar-refractivity contribution in [1.29, 1.82) is 0 Å². The van der Waals surface area contributed by atoms with Crippen LogP contribution in [0, 0.1) is 0 Å². The first-order valence-electron chi connectivity index (χ1n) is 8.71. The minimum atomic E-state index is -0.253. The van der Waals surface area contributed by atoms with E-state index < -0.39 is 0 Å². The van der Waals surface area contributed by atoms with Crippen LogP contribution in [0.15, 0.2) is 71.1 Å². The van der Waals surface area contributed by atoms with Crippen molar-refractivity contribution in [1.82, 2.24) is 4.98 Å². The van der Waals surface area contributed by atoms with Gasteiger partial charge in [-0.2, -0.15) is 0 Å². The minimum absolute atomic E-state index is 0.253. The van der Waals surface area contributed by atoms with Gasteiger partial charge in [-0.15, -0.1) is 0 Å². The summed E-state index contributed by atoms with van der Waals surface area (Å²) < 4.78 is 11.1. The highest BCUT2D eigenvalue weighted by atomic mass is 35.5. The van der Waals surface area contributed by atoms with Crippen LogP contribution in [-0.4, -0.2) is 18.0 Å². The molecule has 0 unspecified atom stereocenters. The fourth-order valence-electron chi connectivity index (χ4n) is 2.96. The number of anilines is 1. The van der Waals surface area contributed by atoms with Crippen molar-refractivity contribution >= 4 is 34.3 Å². The fraction of sp³-hybridized carbons (Fsp3) is 0.0909. The van der Waals surface area contributed by atoms with Gasteiger partial charge >= 0.3 is 0 Å². The maximum Gasteiger partial charge on any atom is 0.259 e. The molecule has 1 heterocycles. The molecule has 0 fully saturated rings. The highest BCUT2D eigenvalue weighted by Gasteiger charge is 2.13. The van der Waals surface area contributed by atoms with Crippen molar-refractivity contribution in [3.05, 3.63) is 88.8 Å². The SMILES string of the molecule is COc1ccccc1C(=O)Nc1ccc2oc(Cc3ccccc3Cl)nc2c1. The van der Waals surface area contributed by atoms with E-state index in [0.29, 0.717) is 45.4 Å². The van der Waals surface area contributed by atoms with Gasteiger partial charge in [-0.3, -0.25) is 4.79 Å². The maximum atomic E-state index is 12.6. The Labute approximate surface area is 166 Å². The number of para-hydroxylation sites is 1. The van der Waals surface area contributed by atoms with Crippen molar-refractivity contribution in [3.8, 4) is 5.75 Å². The molecule has 140 valence electrons. The van der Waals surface area contributed by atoms with E-state index in [9.17, 15) is 4.79 Å². The van der Waals surface area contributed by atoms with Crippen LogP contribution in [0.5, 0.6) is 5.75 Å². The van der Waals surface area contributed by atoms with E-state index in [1.165, 1.54) is 7.11 Å². The van der Waals surface area contributed by atoms with Crippen molar-refractivity contribution in [2.24, 2.45) is 0 Å². The van der Waals surface area contributed by atoms with Gasteiger partial charge in [0.25, 0.3) is 5.91 Å². The van der Waals surface area contributed by atoms with Gasteiger partial charge in [0.1, 0.15) is 11.3 Å². The monoisotopic (exact) mass is 392 g/mol. The third-order valence-corrected chi connectivity index (χ3v) is 4.71. The number of benzene rings is 3. The van der Waals surface area contributed by atoms with E-state index in [0.717, 1.165) is 5.56 Å². The Hall–Kier alpha value is -3.31. The molecule has 0 radical (unpaired) electrons. The number of halogens is 1. The van der Waals surface area contributed by atoms with E-state index >= 15 is 0 Å². The van der Waals surface area contributed by atoms with Crippen LogP contribution >= 0.6 is 11.6 Å². The van der Waals surface area contributed by atoms with Crippen molar-refractivity contribution in [2.45, 2.75) is 6.42 Å². The molecule has 0 saturated heterocycles. The summed E-state index contributed by atoms with van der Waals surface area (Å²) in [7, 11) is 1.54. The number of fused-ring (bicyclic) bond motifs is 1. The number of nitrogens with zero attached hydrogens (tertiary/aromatic N) is 1. The Morgan fingerprint density at radius 3 is 2.71 bits per heavy atom. The smallest absolute Gasteiger partial charge is 0.259 e. The molecular formula is C22H17ClN2O3. The average molecular weight is 393 g/mol. The predicted molar refractivity (Wildman–Crippen MR) is 109 cm³/mol. The first-order valence-corrected chi connectivity index (χ1v) is 9.09. The second-order valence-electron chi connectivity index (χ2n) is 6.21. The second-order valence-corrected chi connectivity index (χ2v) is 6.62. The van der Waals surface area contributed by atoms with E-state index in [4.69, 9.17) is 20.8 Å². The maximum absolute atomic E-state index is 12.6. The van der Waals surface area contributed by atoms with Crippen LogP contribution in [0.1, 0.15) is 21.8 Å². The molecule has 1 aromatic heterocycles. The fourth-order valence-corrected chi connectivity index (χ4v) is 3.17. The molecule has 28 heavy (non-hydrogen) atoms. The summed E-state index contributed by atoms with van der Waals surface area (Å²) in [4.78, 5) is 17.1. The highest BCUT2D eigenvalue weighted by Crippen LogP contribution is 2.25. The summed E-state index contributed by atoms with van der Waals surface area (Å²) in [6, 6.07) is 20.0. The lowest BCUT2D eigenvalue weighted by Gasteiger charge is -2.08. The molecule has 4 rings (SSSR count). The van der Waals surface area contributed by atoms with Gasteiger partial charge in [0.05, 0.1) is 19.1 Å². The number of carbonyl (C=O) groups excluding carboxylic acids is 1. The van der Waals surface area contributed by atoms with Gasteiger partial charge in [0.15, 0.2) is 11.5 Å². The van der Waals surface area contributed by atoms with Gasteiger partial charge < -0.3 is 14.5 Å². The number of ether oxygens (including phenoxy) is 1. The Morgan fingerprint density at radius 2 is 1.89 bits per heavy atom. The average Bonchev–Trinajstić information content (AvgIpc) is 3.11. The molecule has 4 aromatic rings. The first-order chi connectivity index (χ1) is 13.6. The van der Waals surface area contributed by atoms with Crippen LogP contribution in [0.4, 0.5) is 5.69 Å². The minimum Gasteiger partial charge on any atom is -0.496 e. The van der Waals surface area contributed by atoms with E-state index in [1.807, 2.05) is 30.3 Å². The number of hydrogen-bond donors (Lipinski definition) is 1. The molecule has 0 aliphatic rings. The summed E-state index contributed by atoms with van der Waals surface area (Å²) >= 11 is 6.21. The Bertz CT molecular complexity index is 1150. The van der Waals surface area contributed by atoms with E-state index in [-0.39, 0.29) is 5.91 Å². The van der Waals surface area contributed by atoms with Crippen LogP contribution in [-0.2, 0) is 6.42 Å². The van der Waals surface area contributed by atoms with Gasteiger partial charge in [-0.1, -0.05) is 41.9 Å². The van der Waals surface area contributed by atoms with Crippen LogP contribution < -0.4 is 10.1 Å². The quantitative estimate of drug-likeness (QED) is 0.498. The number of aromatic nitrogens is 1. The lowest BCUT2D eigenvalue weighted by atomic mass is 10.1. The molecule has 0 bridgehead atoms. The molecule has 0 aliphatic carbocycles. The van der Waals surface area contributed by atoms with Crippen LogP contribution in [0.3, 0.4) is 0 Å². The van der Waals surface area contributed by atoms with Gasteiger partial charge in [0, 0.05) is 10.7 Å². The number of methoxy groups -OCH3 is 1. The van der Waals surface area contributed by atoms with Crippen LogP contribution in [0.25, 0.3) is 11.1 Å². The van der Waals surface area contributed by atoms with E-state index in [2.05, 4.69) is 10.3 Å². The summed E-state index contributed by atoms with van der Waals surface area (Å²) in [5.41, 5.74) is 3.35. The van der Waals surface area contributed by atoms with Gasteiger partial charge in [0.2, 0.25) is 0 Å². The standard InChI is InChI=1S/C22H17ClN2O3/c1-27-19-9-5-3-7-16(19)22(26)24-15-10-11-20-18(13-15)25-21(28-20)12-14-6-2-4-8-17(14)23/h2-11,13H,12H2,1H3,(H,24,26). The summed E-state index contributed by atoms with van der Waals surface area (Å²) in [5.74, 6) is 0.831. The summed E-state index contributed by atoms with van der Waals surface area (Å²) in [5, 5.41) is 3.55. The number of oxazole rings is 1. The van der Waals surface area contributed by atoms with Crippen molar-refractivity contribution < 1.29 is 13.9 Å². The van der Waals surface area contributed by atoms with Gasteiger partial charge in [-0.05, 0) is 42.0 Å². The topological polar surface area (TPSA) is 64.4 Å². The molecule has 0 atom stereocenters. The molecule has 1 amide bonds. The van der Waals surface area contributed by atoms with Crippen molar-refractivity contribution in [2.75, 3.05) is 12.4 Å². The largest absolute Gasteiger partial charge is 0.496 e. The van der Waals surface area contributed by atoms with Gasteiger partial charge in [-0.25, -0.2) is 4.98 Å². The molecular weight excluding hydrogens is 376 g/mol. The zero-order valence-corrected chi connectivity index (χ0v) is 15.9. The zero-order valence-electron chi connectivity index (χ0n) is 15.1. The highest BCUT2D eigenvalue weighted by molar-refractivity contribution is 6.31. The third-order valence-electron chi connectivity index (χ3n) is 4.34. The number of nitrogens with one attached hydrogen (secondary N) is 1. The molecule has 3 aromatic carbocycles. The summed E-state index contributed by atoms with van der Waals surface area (Å²) in [6.45, 7) is 0. The predicted octanol–water partition coefficient (Wildman–Crippen LogP) is 5.33. The Kier molecular flexibility index (Phi) is 5.00. The lowest BCUT2D eigenvalue weighted by Crippen LogP contribution is -2.13. The van der Waals surface area contributed by atoms with Crippen LogP contribution in [0.2, 0.25) is 5.02 Å². The zero-order chi connectivity index (χ0) is 19.5. The third kappa shape index (κ3) is 3.70. The lowest BCUT2D eigenvalue weighted by molar-refractivity contribution is 0.102. The number of carbonyl (C=O) groups is 1. The Balaban J connectivity index is 1.56. The summed E-state index contributed by atoms with van der Waals surface area (Å²) in [6.07, 6.45) is 0.497. The number of amides is 1. The second kappa shape index (κ2) is 7.74. The number of hydrogen-bond acceptors (Lipinski definition) is 4. The first kappa shape index (κ1) is 18.1. The normalized spacial score (nSPS) is 10.8. The molecule has 5 nitrogen and oxygen atoms in total. The molecule has 6 heteroatoms.